The van der Waals surface area contributed by atoms with E-state index in [4.69, 9.17) is 4.74 Å². The largest absolute Gasteiger partial charge is 0.378 e. The van der Waals surface area contributed by atoms with Crippen LogP contribution < -0.4 is 0 Å². The monoisotopic (exact) mass is 235 g/mol. The zero-order chi connectivity index (χ0) is 11.7. The highest BCUT2D eigenvalue weighted by atomic mass is 19.1. The van der Waals surface area contributed by atoms with E-state index < -0.39 is 0 Å². The summed E-state index contributed by atoms with van der Waals surface area (Å²) in [6, 6.07) is 7.43. The normalized spacial score (nSPS) is 26.1. The van der Waals surface area contributed by atoms with Gasteiger partial charge in [0.15, 0.2) is 0 Å². The van der Waals surface area contributed by atoms with Crippen molar-refractivity contribution in [3.63, 3.8) is 0 Å². The topological polar surface area (TPSA) is 12.5 Å². The van der Waals surface area contributed by atoms with E-state index in [2.05, 4.69) is 4.90 Å². The molecule has 1 saturated heterocycles. The Bertz CT molecular complexity index is 374. The summed E-state index contributed by atoms with van der Waals surface area (Å²) in [5, 5.41) is 0. The number of morpholine rings is 1. The van der Waals surface area contributed by atoms with Gasteiger partial charge in [0.25, 0.3) is 0 Å². The van der Waals surface area contributed by atoms with E-state index in [0.717, 1.165) is 32.2 Å². The predicted octanol–water partition coefficient (Wildman–Crippen LogP) is 2.44. The average Bonchev–Trinajstić information content (AvgIpc) is 3.17. The van der Waals surface area contributed by atoms with Gasteiger partial charge in [0.1, 0.15) is 5.82 Å². The highest BCUT2D eigenvalue weighted by Crippen LogP contribution is 2.36. The number of hydrogen-bond acceptors (Lipinski definition) is 2. The van der Waals surface area contributed by atoms with Gasteiger partial charge in [-0.2, -0.15) is 0 Å². The lowest BCUT2D eigenvalue weighted by Crippen LogP contribution is -2.46. The fourth-order valence-electron chi connectivity index (χ4n) is 2.59. The molecule has 0 bridgehead atoms. The summed E-state index contributed by atoms with van der Waals surface area (Å²) in [6.45, 7) is 3.61. The van der Waals surface area contributed by atoms with Crippen molar-refractivity contribution in [2.75, 3.05) is 19.8 Å². The third kappa shape index (κ3) is 2.67. The summed E-state index contributed by atoms with van der Waals surface area (Å²) in [7, 11) is 0. The van der Waals surface area contributed by atoms with E-state index in [0.29, 0.717) is 6.04 Å². The van der Waals surface area contributed by atoms with Crippen molar-refractivity contribution in [1.82, 2.24) is 4.90 Å². The molecule has 92 valence electrons. The molecule has 1 heterocycles. The molecule has 3 heteroatoms. The summed E-state index contributed by atoms with van der Waals surface area (Å²) in [6.07, 6.45) is 2.68. The zero-order valence-corrected chi connectivity index (χ0v) is 9.94. The summed E-state index contributed by atoms with van der Waals surface area (Å²) in [4.78, 5) is 2.49. The van der Waals surface area contributed by atoms with Crippen LogP contribution in [-0.4, -0.2) is 30.7 Å². The Balaban J connectivity index is 1.67. The third-order valence-electron chi connectivity index (χ3n) is 3.75. The molecule has 2 fully saturated rings. The molecule has 2 nitrogen and oxygen atoms in total. The minimum atomic E-state index is -0.158. The van der Waals surface area contributed by atoms with E-state index >= 15 is 0 Å². The zero-order valence-electron chi connectivity index (χ0n) is 9.94. The molecule has 2 aliphatic rings. The molecule has 0 radical (unpaired) electrons. The Hall–Kier alpha value is -0.930. The standard InChI is InChI=1S/C14H18FNO/c15-13-5-1-11(2-6-13)9-16-7-8-17-10-14(16)12-3-4-12/h1-2,5-6,12,14H,3-4,7-10H2/t14-/m1/s1. The molecule has 0 N–H and O–H groups in total. The van der Waals surface area contributed by atoms with Gasteiger partial charge < -0.3 is 4.74 Å². The van der Waals surface area contributed by atoms with E-state index in [-0.39, 0.29) is 5.82 Å². The molecule has 1 aliphatic carbocycles. The Morgan fingerprint density at radius 1 is 1.24 bits per heavy atom. The molecule has 0 unspecified atom stereocenters. The third-order valence-corrected chi connectivity index (χ3v) is 3.75. The van der Waals surface area contributed by atoms with Crippen LogP contribution >= 0.6 is 0 Å². The maximum atomic E-state index is 12.8. The summed E-state index contributed by atoms with van der Waals surface area (Å²) in [5.74, 6) is 0.671. The molecule has 0 aromatic heterocycles. The molecule has 1 aromatic rings. The summed E-state index contributed by atoms with van der Waals surface area (Å²) >= 11 is 0. The second kappa shape index (κ2) is 4.75. The molecule has 1 aliphatic heterocycles. The van der Waals surface area contributed by atoms with E-state index in [1.54, 1.807) is 12.1 Å². The number of hydrogen-bond donors (Lipinski definition) is 0. The molecule has 1 saturated carbocycles. The van der Waals surface area contributed by atoms with E-state index in [1.807, 2.05) is 12.1 Å². The van der Waals surface area contributed by atoms with Gasteiger partial charge >= 0.3 is 0 Å². The van der Waals surface area contributed by atoms with Crippen LogP contribution in [0.15, 0.2) is 24.3 Å². The summed E-state index contributed by atoms with van der Waals surface area (Å²) < 4.78 is 18.4. The van der Waals surface area contributed by atoms with Gasteiger partial charge in [0.05, 0.1) is 13.2 Å². The van der Waals surface area contributed by atoms with Crippen LogP contribution in [0, 0.1) is 11.7 Å². The average molecular weight is 235 g/mol. The van der Waals surface area contributed by atoms with Crippen LogP contribution in [0.5, 0.6) is 0 Å². The van der Waals surface area contributed by atoms with Gasteiger partial charge in [-0.25, -0.2) is 4.39 Å². The second-order valence-corrected chi connectivity index (χ2v) is 5.08. The lowest BCUT2D eigenvalue weighted by atomic mass is 10.1. The number of halogens is 1. The molecule has 17 heavy (non-hydrogen) atoms. The molecule has 1 atom stereocenters. The minimum absolute atomic E-state index is 0.158. The number of rotatable bonds is 3. The van der Waals surface area contributed by atoms with Gasteiger partial charge in [-0.05, 0) is 36.5 Å². The van der Waals surface area contributed by atoms with Crippen molar-refractivity contribution in [2.24, 2.45) is 5.92 Å². The number of nitrogens with zero attached hydrogens (tertiary/aromatic N) is 1. The molecule has 0 spiro atoms. The highest BCUT2D eigenvalue weighted by molar-refractivity contribution is 5.16. The van der Waals surface area contributed by atoms with E-state index in [1.165, 1.54) is 18.4 Å². The molecule has 0 amide bonds. The smallest absolute Gasteiger partial charge is 0.123 e. The van der Waals surface area contributed by atoms with E-state index in [9.17, 15) is 4.39 Å². The Labute approximate surface area is 101 Å². The molecule has 3 rings (SSSR count). The Kier molecular flexibility index (Phi) is 3.12. The first-order chi connectivity index (χ1) is 8.33. The van der Waals surface area contributed by atoms with Crippen molar-refractivity contribution in [1.29, 1.82) is 0 Å². The summed E-state index contributed by atoms with van der Waals surface area (Å²) in [5.41, 5.74) is 1.19. The quantitative estimate of drug-likeness (QED) is 0.798. The molecular weight excluding hydrogens is 217 g/mol. The van der Waals surface area contributed by atoms with Gasteiger partial charge in [-0.3, -0.25) is 4.90 Å². The van der Waals surface area contributed by atoms with Gasteiger partial charge in [0, 0.05) is 19.1 Å². The first-order valence-electron chi connectivity index (χ1n) is 6.39. The van der Waals surface area contributed by atoms with Gasteiger partial charge in [-0.1, -0.05) is 12.1 Å². The van der Waals surface area contributed by atoms with Crippen molar-refractivity contribution in [3.05, 3.63) is 35.6 Å². The fourth-order valence-corrected chi connectivity index (χ4v) is 2.59. The first kappa shape index (κ1) is 11.2. The predicted molar refractivity (Wildman–Crippen MR) is 64.1 cm³/mol. The SMILES string of the molecule is Fc1ccc(CN2CCOC[C@@H]2C2CC2)cc1. The molecular formula is C14H18FNO. The first-order valence-corrected chi connectivity index (χ1v) is 6.39. The second-order valence-electron chi connectivity index (χ2n) is 5.08. The molecule has 1 aromatic carbocycles. The minimum Gasteiger partial charge on any atom is -0.378 e. The van der Waals surface area contributed by atoms with Gasteiger partial charge in [-0.15, -0.1) is 0 Å². The van der Waals surface area contributed by atoms with Crippen molar-refractivity contribution in [3.8, 4) is 0 Å². The van der Waals surface area contributed by atoms with Crippen LogP contribution in [0.4, 0.5) is 4.39 Å². The highest BCUT2D eigenvalue weighted by Gasteiger charge is 2.36. The fraction of sp³-hybridized carbons (Fsp3) is 0.571. The van der Waals surface area contributed by atoms with Crippen molar-refractivity contribution in [2.45, 2.75) is 25.4 Å². The maximum Gasteiger partial charge on any atom is 0.123 e. The maximum absolute atomic E-state index is 12.8. The van der Waals surface area contributed by atoms with Crippen molar-refractivity contribution < 1.29 is 9.13 Å². The van der Waals surface area contributed by atoms with Crippen molar-refractivity contribution >= 4 is 0 Å². The van der Waals surface area contributed by atoms with Crippen LogP contribution in [0.1, 0.15) is 18.4 Å². The lowest BCUT2D eigenvalue weighted by Gasteiger charge is -2.35. The lowest BCUT2D eigenvalue weighted by molar-refractivity contribution is -0.0198. The van der Waals surface area contributed by atoms with Crippen LogP contribution in [0.3, 0.4) is 0 Å². The van der Waals surface area contributed by atoms with Gasteiger partial charge in [0.2, 0.25) is 0 Å². The van der Waals surface area contributed by atoms with Crippen LogP contribution in [-0.2, 0) is 11.3 Å². The number of ether oxygens (including phenoxy) is 1. The van der Waals surface area contributed by atoms with Crippen LogP contribution in [0.2, 0.25) is 0 Å². The Morgan fingerprint density at radius 2 is 2.00 bits per heavy atom. The Morgan fingerprint density at radius 3 is 2.71 bits per heavy atom. The number of benzene rings is 1. The van der Waals surface area contributed by atoms with Crippen LogP contribution in [0.25, 0.3) is 0 Å².